The molecule has 21 heavy (non-hydrogen) atoms. The van der Waals surface area contributed by atoms with Gasteiger partial charge in [0.1, 0.15) is 0 Å². The van der Waals surface area contributed by atoms with Gasteiger partial charge in [-0.3, -0.25) is 14.8 Å². The number of amides is 2. The summed E-state index contributed by atoms with van der Waals surface area (Å²) in [4.78, 5) is 26.0. The molecule has 0 aromatic carbocycles. The summed E-state index contributed by atoms with van der Waals surface area (Å²) in [5.74, 6) is -0.0636. The van der Waals surface area contributed by atoms with Crippen LogP contribution in [-0.4, -0.2) is 33.0 Å². The summed E-state index contributed by atoms with van der Waals surface area (Å²) in [5, 5.41) is 8.72. The van der Waals surface area contributed by atoms with Gasteiger partial charge in [0.15, 0.2) is 0 Å². The smallest absolute Gasteiger partial charge is 0.276 e. The van der Waals surface area contributed by atoms with Gasteiger partial charge in [-0.1, -0.05) is 12.8 Å². The molecule has 1 aliphatic heterocycles. The van der Waals surface area contributed by atoms with Gasteiger partial charge in [0, 0.05) is 30.9 Å². The van der Waals surface area contributed by atoms with Crippen LogP contribution < -0.4 is 5.48 Å². The summed E-state index contributed by atoms with van der Waals surface area (Å²) in [7, 11) is 0. The lowest BCUT2D eigenvalue weighted by Crippen LogP contribution is -2.35. The fraction of sp³-hybridized carbons (Fsp3) is 0.600. The first-order valence-corrected chi connectivity index (χ1v) is 7.61. The fourth-order valence-electron chi connectivity index (χ4n) is 3.41. The minimum absolute atomic E-state index is 0.187. The zero-order valence-corrected chi connectivity index (χ0v) is 12.0. The van der Waals surface area contributed by atoms with Crippen LogP contribution in [0.4, 0.5) is 0 Å². The van der Waals surface area contributed by atoms with Crippen LogP contribution in [0.2, 0.25) is 0 Å². The minimum atomic E-state index is -0.510. The first kappa shape index (κ1) is 14.1. The van der Waals surface area contributed by atoms with Crippen molar-refractivity contribution in [1.82, 2.24) is 14.9 Å². The lowest BCUT2D eigenvalue weighted by Gasteiger charge is -2.23. The van der Waals surface area contributed by atoms with E-state index in [2.05, 4.69) is 0 Å². The second-order valence-corrected chi connectivity index (χ2v) is 5.95. The first-order valence-electron chi connectivity index (χ1n) is 7.61. The van der Waals surface area contributed by atoms with E-state index < -0.39 is 5.91 Å². The molecule has 1 aromatic heterocycles. The van der Waals surface area contributed by atoms with E-state index in [-0.39, 0.29) is 11.8 Å². The van der Waals surface area contributed by atoms with Gasteiger partial charge < -0.3 is 9.47 Å². The van der Waals surface area contributed by atoms with Gasteiger partial charge in [0.2, 0.25) is 5.91 Å². The van der Waals surface area contributed by atoms with Crippen LogP contribution >= 0.6 is 0 Å². The molecule has 1 aliphatic carbocycles. The monoisotopic (exact) mass is 291 g/mol. The number of nitrogens with zero attached hydrogens (tertiary/aromatic N) is 2. The normalized spacial score (nSPS) is 19.2. The van der Waals surface area contributed by atoms with Crippen molar-refractivity contribution in [3.63, 3.8) is 0 Å². The number of hydrogen-bond acceptors (Lipinski definition) is 3. The summed E-state index contributed by atoms with van der Waals surface area (Å²) in [6.07, 6.45) is 6.96. The Kier molecular flexibility index (Phi) is 3.96. The number of nitrogens with one attached hydrogen (secondary N) is 1. The lowest BCUT2D eigenvalue weighted by molar-refractivity contribution is -0.135. The summed E-state index contributed by atoms with van der Waals surface area (Å²) in [6.45, 7) is 2.12. The number of rotatable bonds is 2. The Morgan fingerprint density at radius 1 is 1.19 bits per heavy atom. The zero-order chi connectivity index (χ0) is 14.8. The number of aromatic nitrogens is 1. The molecule has 6 nitrogen and oxygen atoms in total. The quantitative estimate of drug-likeness (QED) is 0.641. The second-order valence-electron chi connectivity index (χ2n) is 5.95. The van der Waals surface area contributed by atoms with Gasteiger partial charge >= 0.3 is 0 Å². The average Bonchev–Trinajstić information content (AvgIpc) is 3.12. The molecule has 3 rings (SSSR count). The summed E-state index contributed by atoms with van der Waals surface area (Å²) < 4.78 is 2.01. The summed E-state index contributed by atoms with van der Waals surface area (Å²) in [5.41, 5.74) is 3.04. The van der Waals surface area contributed by atoms with Gasteiger partial charge in [0.25, 0.3) is 5.91 Å². The average molecular weight is 291 g/mol. The predicted molar refractivity (Wildman–Crippen MR) is 75.7 cm³/mol. The number of aryl methyl sites for hydroxylation is 1. The van der Waals surface area contributed by atoms with E-state index in [4.69, 9.17) is 5.21 Å². The molecule has 1 fully saturated rings. The molecule has 114 valence electrons. The standard InChI is InChI=1S/C15H21N3O3/c19-14(16-21)12-8-13-10-18(7-3-6-17(13)9-12)15(20)11-4-1-2-5-11/h8-9,11,21H,1-7,10H2,(H,16,19). The number of fused-ring (bicyclic) bond motifs is 1. The third kappa shape index (κ3) is 2.81. The Hall–Kier alpha value is -1.82. The Bertz CT molecular complexity index is 546. The zero-order valence-electron chi connectivity index (χ0n) is 12.0. The fourth-order valence-corrected chi connectivity index (χ4v) is 3.41. The van der Waals surface area contributed by atoms with Crippen molar-refractivity contribution < 1.29 is 14.8 Å². The van der Waals surface area contributed by atoms with Crippen molar-refractivity contribution in [2.75, 3.05) is 6.54 Å². The maximum absolute atomic E-state index is 12.6. The molecule has 2 amide bonds. The van der Waals surface area contributed by atoms with Gasteiger partial charge in [-0.2, -0.15) is 0 Å². The summed E-state index contributed by atoms with van der Waals surface area (Å²) >= 11 is 0. The van der Waals surface area contributed by atoms with Gasteiger partial charge in [-0.15, -0.1) is 0 Å². The molecular formula is C15H21N3O3. The maximum Gasteiger partial charge on any atom is 0.276 e. The van der Waals surface area contributed by atoms with Gasteiger partial charge in [-0.25, -0.2) is 5.48 Å². The highest BCUT2D eigenvalue weighted by atomic mass is 16.5. The van der Waals surface area contributed by atoms with E-state index in [1.807, 2.05) is 9.47 Å². The molecule has 0 radical (unpaired) electrons. The minimum Gasteiger partial charge on any atom is -0.349 e. The molecule has 0 saturated heterocycles. The molecule has 2 N–H and O–H groups in total. The molecule has 0 unspecified atom stereocenters. The number of carbonyl (C=O) groups is 2. The van der Waals surface area contributed by atoms with Gasteiger partial charge in [0.05, 0.1) is 12.1 Å². The molecule has 2 aliphatic rings. The van der Waals surface area contributed by atoms with Crippen molar-refractivity contribution in [1.29, 1.82) is 0 Å². The Morgan fingerprint density at radius 2 is 1.95 bits per heavy atom. The third-order valence-corrected chi connectivity index (χ3v) is 4.55. The van der Waals surface area contributed by atoms with Crippen LogP contribution in [0.1, 0.15) is 48.2 Å². The van der Waals surface area contributed by atoms with E-state index in [0.29, 0.717) is 12.1 Å². The highest BCUT2D eigenvalue weighted by Gasteiger charge is 2.29. The number of hydrogen-bond donors (Lipinski definition) is 2. The number of hydroxylamine groups is 1. The van der Waals surface area contributed by atoms with Crippen molar-refractivity contribution >= 4 is 11.8 Å². The molecule has 6 heteroatoms. The SMILES string of the molecule is O=C(NO)c1cc2n(c1)CCCN(C(=O)C1CCCC1)C2. The van der Waals surface area contributed by atoms with Crippen LogP contribution in [0.5, 0.6) is 0 Å². The Labute approximate surface area is 123 Å². The van der Waals surface area contributed by atoms with Crippen LogP contribution in [-0.2, 0) is 17.9 Å². The van der Waals surface area contributed by atoms with Crippen molar-refractivity contribution in [3.05, 3.63) is 23.5 Å². The lowest BCUT2D eigenvalue weighted by atomic mass is 10.1. The van der Waals surface area contributed by atoms with Crippen molar-refractivity contribution in [2.24, 2.45) is 5.92 Å². The first-order chi connectivity index (χ1) is 10.2. The van der Waals surface area contributed by atoms with Crippen molar-refractivity contribution in [2.45, 2.75) is 45.2 Å². The highest BCUT2D eigenvalue weighted by molar-refractivity contribution is 5.93. The van der Waals surface area contributed by atoms with Crippen LogP contribution in [0.25, 0.3) is 0 Å². The van der Waals surface area contributed by atoms with Crippen molar-refractivity contribution in [3.8, 4) is 0 Å². The van der Waals surface area contributed by atoms with E-state index in [9.17, 15) is 9.59 Å². The van der Waals surface area contributed by atoms with Crippen LogP contribution in [0.3, 0.4) is 0 Å². The highest BCUT2D eigenvalue weighted by Crippen LogP contribution is 2.28. The molecule has 0 bridgehead atoms. The van der Waals surface area contributed by atoms with E-state index in [0.717, 1.165) is 50.9 Å². The molecular weight excluding hydrogens is 270 g/mol. The van der Waals surface area contributed by atoms with Crippen LogP contribution in [0.15, 0.2) is 12.3 Å². The predicted octanol–water partition coefficient (Wildman–Crippen LogP) is 1.53. The topological polar surface area (TPSA) is 74.6 Å². The molecule has 1 saturated carbocycles. The number of carbonyl (C=O) groups excluding carboxylic acids is 2. The second kappa shape index (κ2) is 5.89. The van der Waals surface area contributed by atoms with E-state index >= 15 is 0 Å². The van der Waals surface area contributed by atoms with E-state index in [1.165, 1.54) is 0 Å². The molecule has 0 spiro atoms. The summed E-state index contributed by atoms with van der Waals surface area (Å²) in [6, 6.07) is 1.76. The van der Waals surface area contributed by atoms with Gasteiger partial charge in [-0.05, 0) is 25.3 Å². The third-order valence-electron chi connectivity index (χ3n) is 4.55. The van der Waals surface area contributed by atoms with Crippen LogP contribution in [0, 0.1) is 5.92 Å². The molecule has 2 heterocycles. The van der Waals surface area contributed by atoms with E-state index in [1.54, 1.807) is 17.7 Å². The largest absolute Gasteiger partial charge is 0.349 e. The molecule has 1 aromatic rings. The molecule has 0 atom stereocenters. The Morgan fingerprint density at radius 3 is 2.67 bits per heavy atom. The Balaban J connectivity index is 1.76. The maximum atomic E-state index is 12.6.